The molecule has 1 fully saturated rings. The summed E-state index contributed by atoms with van der Waals surface area (Å²) in [6.45, 7) is 3.17. The molecule has 1 aliphatic rings. The smallest absolute Gasteiger partial charge is 0.394 e. The zero-order valence-electron chi connectivity index (χ0n) is 35.3. The second-order valence-electron chi connectivity index (χ2n) is 15.8. The van der Waals surface area contributed by atoms with Crippen LogP contribution in [-0.4, -0.2) is 107 Å². The fourth-order valence-electron chi connectivity index (χ4n) is 7.01. The average Bonchev–Trinajstić information content (AvgIpc) is 3.18. The molecular weight excluding hydrogens is 755 g/mol. The molecule has 8 unspecified atom stereocenters. The lowest BCUT2D eigenvalue weighted by Gasteiger charge is -2.41. The van der Waals surface area contributed by atoms with Crippen molar-refractivity contribution in [2.45, 2.75) is 230 Å². The largest absolute Gasteiger partial charge is 0.397 e. The summed E-state index contributed by atoms with van der Waals surface area (Å²) in [4.78, 5) is 13.0. The van der Waals surface area contributed by atoms with E-state index in [2.05, 4.69) is 35.5 Å². The standard InChI is InChI=1S/C43H81NO12S/c1-3-5-7-9-11-13-15-16-17-18-19-20-21-22-24-25-27-29-31-36(46)35(44-42(50)37(47)32-30-28-26-23-14-12-10-8-6-4-2)34-54-43-40(49)41(56-57(51,52)53)39(48)38(33-45)55-43/h22,24,29,31,35-41,43,45-49H,3-21,23,25-28,30,32-34H2,1-2H3,(H,44,50)(H,51,52,53)/b24-22+,31-29+. The highest BCUT2D eigenvalue weighted by Crippen LogP contribution is 2.26. The molecule has 336 valence electrons. The average molecular weight is 836 g/mol. The van der Waals surface area contributed by atoms with E-state index in [1.165, 1.54) is 115 Å². The summed E-state index contributed by atoms with van der Waals surface area (Å²) in [6.07, 6.45) is 25.6. The van der Waals surface area contributed by atoms with Crippen LogP contribution in [0.15, 0.2) is 24.3 Å². The summed E-state index contributed by atoms with van der Waals surface area (Å²) in [5, 5.41) is 55.0. The number of amides is 1. The number of carbonyl (C=O) groups is 1. The lowest BCUT2D eigenvalue weighted by Crippen LogP contribution is -2.61. The minimum atomic E-state index is -5.12. The van der Waals surface area contributed by atoms with Crippen molar-refractivity contribution < 1.29 is 57.0 Å². The van der Waals surface area contributed by atoms with Crippen LogP contribution in [0.3, 0.4) is 0 Å². The minimum absolute atomic E-state index is 0.239. The Morgan fingerprint density at radius 2 is 1.18 bits per heavy atom. The van der Waals surface area contributed by atoms with Gasteiger partial charge in [-0.3, -0.25) is 9.35 Å². The van der Waals surface area contributed by atoms with Crippen LogP contribution in [0.25, 0.3) is 0 Å². The first-order valence-corrected chi connectivity index (χ1v) is 23.7. The van der Waals surface area contributed by atoms with Crippen molar-refractivity contribution >= 4 is 16.3 Å². The molecule has 8 atom stereocenters. The molecule has 1 saturated heterocycles. The Balaban J connectivity index is 2.63. The Kier molecular flexibility index (Phi) is 32.2. The molecule has 0 aromatic rings. The van der Waals surface area contributed by atoms with Gasteiger partial charge in [0.15, 0.2) is 6.29 Å². The van der Waals surface area contributed by atoms with E-state index < -0.39 is 78.5 Å². The van der Waals surface area contributed by atoms with Crippen molar-refractivity contribution in [1.29, 1.82) is 0 Å². The quantitative estimate of drug-likeness (QED) is 0.0189. The number of allylic oxidation sites excluding steroid dienone is 3. The first kappa shape index (κ1) is 53.6. The van der Waals surface area contributed by atoms with Gasteiger partial charge in [-0.15, -0.1) is 0 Å². The third-order valence-corrected chi connectivity index (χ3v) is 11.1. The van der Waals surface area contributed by atoms with Gasteiger partial charge < -0.3 is 40.3 Å². The molecule has 57 heavy (non-hydrogen) atoms. The lowest BCUT2D eigenvalue weighted by atomic mass is 9.99. The summed E-state index contributed by atoms with van der Waals surface area (Å²) in [6, 6.07) is -1.13. The number of hydrogen-bond acceptors (Lipinski definition) is 11. The van der Waals surface area contributed by atoms with Crippen LogP contribution in [0.5, 0.6) is 0 Å². The Morgan fingerprint density at radius 1 is 0.702 bits per heavy atom. The molecule has 0 aromatic carbocycles. The molecule has 1 aliphatic heterocycles. The molecule has 1 heterocycles. The summed E-state index contributed by atoms with van der Waals surface area (Å²) in [7, 11) is -5.12. The first-order valence-electron chi connectivity index (χ1n) is 22.3. The van der Waals surface area contributed by atoms with Crippen molar-refractivity contribution in [2.75, 3.05) is 13.2 Å². The van der Waals surface area contributed by atoms with Crippen molar-refractivity contribution in [3.05, 3.63) is 24.3 Å². The first-order chi connectivity index (χ1) is 27.4. The number of rotatable bonds is 37. The third kappa shape index (κ3) is 27.1. The van der Waals surface area contributed by atoms with Crippen molar-refractivity contribution in [3.8, 4) is 0 Å². The molecule has 1 amide bonds. The van der Waals surface area contributed by atoms with E-state index in [1.807, 2.05) is 0 Å². The van der Waals surface area contributed by atoms with Crippen LogP contribution in [0, 0.1) is 0 Å². The fraction of sp³-hybridized carbons (Fsp3) is 0.884. The van der Waals surface area contributed by atoms with Gasteiger partial charge in [-0.2, -0.15) is 8.42 Å². The van der Waals surface area contributed by atoms with Crippen LogP contribution in [-0.2, 0) is 28.9 Å². The maximum absolute atomic E-state index is 13.0. The van der Waals surface area contributed by atoms with Gasteiger partial charge in [-0.25, -0.2) is 4.18 Å². The number of hydrogen-bond donors (Lipinski definition) is 7. The van der Waals surface area contributed by atoms with E-state index in [9.17, 15) is 38.7 Å². The van der Waals surface area contributed by atoms with Gasteiger partial charge >= 0.3 is 10.4 Å². The van der Waals surface area contributed by atoms with Crippen LogP contribution < -0.4 is 5.32 Å². The van der Waals surface area contributed by atoms with E-state index >= 15 is 0 Å². The van der Waals surface area contributed by atoms with Gasteiger partial charge in [0.05, 0.1) is 25.4 Å². The van der Waals surface area contributed by atoms with Crippen molar-refractivity contribution in [1.82, 2.24) is 5.32 Å². The maximum atomic E-state index is 13.0. The molecule has 1 rings (SSSR count). The van der Waals surface area contributed by atoms with Gasteiger partial charge in [0.2, 0.25) is 5.91 Å². The lowest BCUT2D eigenvalue weighted by molar-refractivity contribution is -0.298. The Hall–Kier alpha value is -1.46. The topological polar surface area (TPSA) is 212 Å². The molecule has 0 spiro atoms. The number of aliphatic hydroxyl groups excluding tert-OH is 5. The highest BCUT2D eigenvalue weighted by molar-refractivity contribution is 7.80. The summed E-state index contributed by atoms with van der Waals surface area (Å²) < 4.78 is 47.4. The highest BCUT2D eigenvalue weighted by atomic mass is 32.3. The molecule has 13 nitrogen and oxygen atoms in total. The van der Waals surface area contributed by atoms with Gasteiger partial charge in [0.25, 0.3) is 0 Å². The Morgan fingerprint density at radius 3 is 1.68 bits per heavy atom. The van der Waals surface area contributed by atoms with E-state index in [0.29, 0.717) is 12.8 Å². The van der Waals surface area contributed by atoms with Crippen molar-refractivity contribution in [2.24, 2.45) is 0 Å². The number of unbranched alkanes of at least 4 members (excludes halogenated alkanes) is 22. The molecule has 0 radical (unpaired) electrons. The molecule has 0 saturated carbocycles. The van der Waals surface area contributed by atoms with Gasteiger partial charge in [0.1, 0.15) is 30.5 Å². The van der Waals surface area contributed by atoms with Crippen LogP contribution >= 0.6 is 0 Å². The molecule has 0 bridgehead atoms. The predicted molar refractivity (Wildman–Crippen MR) is 224 cm³/mol. The van der Waals surface area contributed by atoms with Gasteiger partial charge in [-0.05, 0) is 32.1 Å². The SMILES string of the molecule is CCCCCCCCCCCCCC/C=C/CC/C=C/C(O)C(COC1OC(CO)C(O)C(OS(=O)(=O)O)C1O)NC(=O)C(O)CCCCCCCCCCCC. The number of aliphatic hydroxyl groups is 5. The summed E-state index contributed by atoms with van der Waals surface area (Å²) in [5.41, 5.74) is 0. The van der Waals surface area contributed by atoms with Crippen molar-refractivity contribution in [3.63, 3.8) is 0 Å². The molecule has 0 aliphatic carbocycles. The molecular formula is C43H81NO12S. The van der Waals surface area contributed by atoms with E-state index in [4.69, 9.17) is 14.0 Å². The third-order valence-electron chi connectivity index (χ3n) is 10.6. The molecule has 0 aromatic heterocycles. The number of ether oxygens (including phenoxy) is 2. The van der Waals surface area contributed by atoms with Crippen LogP contribution in [0.4, 0.5) is 0 Å². The number of nitrogens with one attached hydrogen (secondary N) is 1. The van der Waals surface area contributed by atoms with E-state index in [0.717, 1.165) is 38.5 Å². The van der Waals surface area contributed by atoms with Crippen LogP contribution in [0.2, 0.25) is 0 Å². The van der Waals surface area contributed by atoms with E-state index in [-0.39, 0.29) is 6.42 Å². The second-order valence-corrected chi connectivity index (χ2v) is 16.8. The zero-order chi connectivity index (χ0) is 42.2. The van der Waals surface area contributed by atoms with E-state index in [1.54, 1.807) is 6.08 Å². The Bertz CT molecular complexity index is 1140. The number of carbonyl (C=O) groups excluding carboxylic acids is 1. The Labute approximate surface area is 345 Å². The highest BCUT2D eigenvalue weighted by Gasteiger charge is 2.48. The second kappa shape index (κ2) is 34.3. The monoisotopic (exact) mass is 836 g/mol. The molecule has 14 heteroatoms. The maximum Gasteiger partial charge on any atom is 0.397 e. The van der Waals surface area contributed by atoms with Gasteiger partial charge in [0, 0.05) is 0 Å². The van der Waals surface area contributed by atoms with Gasteiger partial charge in [-0.1, -0.05) is 173 Å². The molecule has 7 N–H and O–H groups in total. The summed E-state index contributed by atoms with van der Waals surface area (Å²) in [5.74, 6) is -0.714. The fourth-order valence-corrected chi connectivity index (χ4v) is 7.51. The normalized spacial score (nSPS) is 22.0. The minimum Gasteiger partial charge on any atom is -0.394 e. The zero-order valence-corrected chi connectivity index (χ0v) is 36.1. The van der Waals surface area contributed by atoms with Crippen LogP contribution in [0.1, 0.15) is 181 Å². The predicted octanol–water partition coefficient (Wildman–Crippen LogP) is 7.13. The summed E-state index contributed by atoms with van der Waals surface area (Å²) >= 11 is 0.